The molecule has 0 saturated heterocycles. The number of carbonyl (C=O) groups excluding carboxylic acids is 1. The lowest BCUT2D eigenvalue weighted by Gasteiger charge is -2.28. The van der Waals surface area contributed by atoms with Gasteiger partial charge in [0.1, 0.15) is 5.84 Å². The minimum absolute atomic E-state index is 0.155. The summed E-state index contributed by atoms with van der Waals surface area (Å²) in [7, 11) is 3.54. The minimum atomic E-state index is -0.740. The maximum Gasteiger partial charge on any atom is 0.327 e. The molecule has 0 atom stereocenters. The fourth-order valence-electron chi connectivity index (χ4n) is 7.11. The van der Waals surface area contributed by atoms with Crippen molar-refractivity contribution in [3.63, 3.8) is 0 Å². The summed E-state index contributed by atoms with van der Waals surface area (Å²) >= 11 is 7.13. The first-order valence-corrected chi connectivity index (χ1v) is 19.9. The van der Waals surface area contributed by atoms with Crippen molar-refractivity contribution in [1.82, 2.24) is 9.80 Å². The van der Waals surface area contributed by atoms with E-state index < -0.39 is 5.97 Å². The van der Waals surface area contributed by atoms with E-state index in [2.05, 4.69) is 124 Å². The molecule has 1 aromatic heterocycles. The highest BCUT2D eigenvalue weighted by Gasteiger charge is 2.42. The topological polar surface area (TPSA) is 98.7 Å². The van der Waals surface area contributed by atoms with E-state index in [4.69, 9.17) is 31.4 Å². The number of carbonyl (C=O) groups is 2. The number of carboxylic acids is 1. The van der Waals surface area contributed by atoms with Crippen LogP contribution in [0.4, 0.5) is 5.82 Å². The van der Waals surface area contributed by atoms with Gasteiger partial charge in [-0.25, -0.2) is 9.56 Å². The maximum absolute atomic E-state index is 11.5. The third kappa shape index (κ3) is 10.6. The number of ether oxygens (including phenoxy) is 1. The standard InChI is InChI=1S/C41H52ClN5O4.C3H8/c1-40(2)31-15-13-25-46(23-11-7-9-17-35(48)49)38(31)43-33(40)21-19-29-27-45(5)28-30(37(29)42)20-22-34-41(3,4)32-16-14-26-47(39(32)44-34)24-12-8-10-18-36(50)51-6;1-3-2/h13-16,19-22,25-26H,7-12,17-18,23-24,27-28H2,1-6H3;3H2,1-2H3/p+1. The van der Waals surface area contributed by atoms with E-state index in [1.165, 1.54) is 24.7 Å². The van der Waals surface area contributed by atoms with E-state index >= 15 is 0 Å². The lowest BCUT2D eigenvalue weighted by atomic mass is 9.81. The largest absolute Gasteiger partial charge is 0.481 e. The molecule has 4 aliphatic heterocycles. The van der Waals surface area contributed by atoms with Gasteiger partial charge < -0.3 is 14.7 Å². The van der Waals surface area contributed by atoms with Crippen LogP contribution in [-0.2, 0) is 26.3 Å². The fraction of sp³-hybridized carbons (Fsp3) is 0.523. The molecule has 0 aromatic carbocycles. The van der Waals surface area contributed by atoms with Gasteiger partial charge >= 0.3 is 17.8 Å². The number of aromatic nitrogens is 1. The second-order valence-corrected chi connectivity index (χ2v) is 16.0. The summed E-state index contributed by atoms with van der Waals surface area (Å²) in [5.74, 6) is 1.07. The van der Waals surface area contributed by atoms with Crippen LogP contribution in [0.15, 0.2) is 98.4 Å². The molecule has 5 heterocycles. The van der Waals surface area contributed by atoms with E-state index in [0.29, 0.717) is 12.8 Å². The summed E-state index contributed by atoms with van der Waals surface area (Å²) in [5.41, 5.74) is 5.96. The summed E-state index contributed by atoms with van der Waals surface area (Å²) in [4.78, 5) is 37.1. The number of aliphatic carboxylic acids is 1. The van der Waals surface area contributed by atoms with Gasteiger partial charge in [0.05, 0.1) is 36.5 Å². The van der Waals surface area contributed by atoms with Gasteiger partial charge in [0, 0.05) is 54.7 Å². The molecular formula is C44H61ClN5O4+. The summed E-state index contributed by atoms with van der Waals surface area (Å²) in [6.45, 7) is 16.2. The van der Waals surface area contributed by atoms with Crippen molar-refractivity contribution in [2.24, 2.45) is 15.4 Å². The molecule has 0 radical (unpaired) electrons. The zero-order chi connectivity index (χ0) is 39.5. The minimum Gasteiger partial charge on any atom is -0.481 e. The van der Waals surface area contributed by atoms with Crippen LogP contribution in [0.5, 0.6) is 0 Å². The van der Waals surface area contributed by atoms with Crippen molar-refractivity contribution >= 4 is 40.9 Å². The Morgan fingerprint density at radius 2 is 1.70 bits per heavy atom. The molecule has 10 heteroatoms. The average molecular weight is 759 g/mol. The number of hydrogen-bond acceptors (Lipinski definition) is 7. The number of carboxylic acid groups (broad SMARTS) is 1. The van der Waals surface area contributed by atoms with Gasteiger partial charge in [0.25, 0.3) is 0 Å². The summed E-state index contributed by atoms with van der Waals surface area (Å²) < 4.78 is 6.96. The van der Waals surface area contributed by atoms with Crippen molar-refractivity contribution in [3.05, 3.63) is 94.0 Å². The molecular weight excluding hydrogens is 698 g/mol. The molecule has 0 spiro atoms. The summed E-state index contributed by atoms with van der Waals surface area (Å²) in [6.07, 6.45) is 24.0. The monoisotopic (exact) mass is 758 g/mol. The number of aryl methyl sites for hydroxylation is 1. The molecule has 54 heavy (non-hydrogen) atoms. The van der Waals surface area contributed by atoms with Crippen molar-refractivity contribution in [2.75, 3.05) is 33.8 Å². The molecule has 292 valence electrons. The first-order chi connectivity index (χ1) is 25.7. The van der Waals surface area contributed by atoms with E-state index in [1.807, 2.05) is 0 Å². The molecule has 0 saturated carbocycles. The highest BCUT2D eigenvalue weighted by Crippen LogP contribution is 2.44. The Hall–Kier alpha value is -4.08. The van der Waals surface area contributed by atoms with E-state index in [9.17, 15) is 9.59 Å². The number of hydrogen-bond donors (Lipinski definition) is 1. The number of unbranched alkanes of at least 4 members (excludes halogenated alkanes) is 4. The molecule has 9 nitrogen and oxygen atoms in total. The van der Waals surface area contributed by atoms with Gasteiger partial charge in [-0.2, -0.15) is 0 Å². The van der Waals surface area contributed by atoms with Crippen LogP contribution in [0.2, 0.25) is 0 Å². The normalized spacial score (nSPS) is 20.1. The number of methoxy groups -OCH3 is 1. The third-order valence-corrected chi connectivity index (χ3v) is 10.8. The Morgan fingerprint density at radius 3 is 2.43 bits per heavy atom. The van der Waals surface area contributed by atoms with Crippen molar-refractivity contribution in [1.29, 1.82) is 0 Å². The number of likely N-dealkylation sites (N-methyl/N-ethyl adjacent to an activating group) is 1. The van der Waals surface area contributed by atoms with Crippen LogP contribution < -0.4 is 4.57 Å². The van der Waals surface area contributed by atoms with Crippen molar-refractivity contribution < 1.29 is 24.0 Å². The van der Waals surface area contributed by atoms with Crippen molar-refractivity contribution in [2.45, 2.75) is 111 Å². The number of amidine groups is 1. The summed E-state index contributed by atoms with van der Waals surface area (Å²) in [5, 5.41) is 9.72. The van der Waals surface area contributed by atoms with Gasteiger partial charge in [-0.05, 0) is 99.5 Å². The number of allylic oxidation sites excluding steroid dienone is 6. The average Bonchev–Trinajstić information content (AvgIpc) is 3.55. The molecule has 1 aromatic rings. The number of aliphatic imine (C=N–C) groups is 2. The Balaban J connectivity index is 0.00000209. The number of nitrogens with zero attached hydrogens (tertiary/aromatic N) is 5. The van der Waals surface area contributed by atoms with Crippen LogP contribution in [0, 0.1) is 5.41 Å². The highest BCUT2D eigenvalue weighted by atomic mass is 35.5. The van der Waals surface area contributed by atoms with Crippen LogP contribution in [0.1, 0.15) is 105 Å². The number of rotatable bonds is 15. The van der Waals surface area contributed by atoms with Crippen LogP contribution >= 0.6 is 11.6 Å². The third-order valence-electron chi connectivity index (χ3n) is 10.3. The number of esters is 1. The number of fused-ring (bicyclic) bond motifs is 2. The van der Waals surface area contributed by atoms with Gasteiger partial charge in [-0.15, -0.1) is 0 Å². The Morgan fingerprint density at radius 1 is 0.981 bits per heavy atom. The molecule has 0 fully saturated rings. The lowest BCUT2D eigenvalue weighted by molar-refractivity contribution is -0.684. The second kappa shape index (κ2) is 19.5. The number of halogens is 1. The molecule has 4 aliphatic rings. The first kappa shape index (κ1) is 42.7. The predicted molar refractivity (Wildman–Crippen MR) is 220 cm³/mol. The van der Waals surface area contributed by atoms with E-state index in [0.717, 1.165) is 97.5 Å². The van der Waals surface area contributed by atoms with Crippen LogP contribution in [-0.4, -0.2) is 72.2 Å². The Bertz CT molecular complexity index is 1790. The molecule has 1 N–H and O–H groups in total. The molecule has 0 unspecified atom stereocenters. The summed E-state index contributed by atoms with van der Waals surface area (Å²) in [6, 6.07) is 4.23. The Kier molecular flexibility index (Phi) is 15.4. The smallest absolute Gasteiger partial charge is 0.327 e. The lowest BCUT2D eigenvalue weighted by Crippen LogP contribution is -2.34. The van der Waals surface area contributed by atoms with Gasteiger partial charge in [-0.3, -0.25) is 14.5 Å². The van der Waals surface area contributed by atoms with Gasteiger partial charge in [-0.1, -0.05) is 70.4 Å². The molecule has 5 rings (SSSR count). The number of pyridine rings is 1. The van der Waals surface area contributed by atoms with Crippen LogP contribution in [0.3, 0.4) is 0 Å². The zero-order valence-electron chi connectivity index (χ0n) is 33.8. The first-order valence-electron chi connectivity index (χ1n) is 19.6. The van der Waals surface area contributed by atoms with Gasteiger partial charge in [0.15, 0.2) is 5.71 Å². The zero-order valence-corrected chi connectivity index (χ0v) is 34.5. The van der Waals surface area contributed by atoms with Crippen LogP contribution in [0.25, 0.3) is 0 Å². The van der Waals surface area contributed by atoms with Crippen molar-refractivity contribution in [3.8, 4) is 0 Å². The quantitative estimate of drug-likeness (QED) is 0.109. The second-order valence-electron chi connectivity index (χ2n) is 15.6. The van der Waals surface area contributed by atoms with E-state index in [1.54, 1.807) is 0 Å². The molecule has 0 bridgehead atoms. The van der Waals surface area contributed by atoms with Gasteiger partial charge in [0.2, 0.25) is 0 Å². The Labute approximate surface area is 328 Å². The predicted octanol–water partition coefficient (Wildman–Crippen LogP) is 9.13. The van der Waals surface area contributed by atoms with E-state index in [-0.39, 0.29) is 23.2 Å². The molecule has 0 aliphatic carbocycles. The maximum atomic E-state index is 11.5. The fourth-order valence-corrected chi connectivity index (χ4v) is 7.35. The molecule has 0 amide bonds. The highest BCUT2D eigenvalue weighted by molar-refractivity contribution is 6.32. The SMILES string of the molecule is CCC.COC(=O)CCCCCN1C=CC=C2C1=N/C(=C/C=C1\CN(C)CC(/C=C/C3=Nc4c(ccc[n+]4CCCCCC(=O)O)C3(C)C)=C1Cl)C2(C)C.